The Balaban J connectivity index is 1.41. The molecule has 0 unspecified atom stereocenters. The van der Waals surface area contributed by atoms with E-state index < -0.39 is 0 Å². The van der Waals surface area contributed by atoms with Crippen LogP contribution in [0.2, 0.25) is 0 Å². The van der Waals surface area contributed by atoms with Crippen LogP contribution in [0.3, 0.4) is 0 Å². The molecule has 1 nitrogen and oxygen atoms in total. The Morgan fingerprint density at radius 1 is 0.952 bits per heavy atom. The van der Waals surface area contributed by atoms with E-state index in [2.05, 4.69) is 5.32 Å². The van der Waals surface area contributed by atoms with Crippen molar-refractivity contribution in [3.63, 3.8) is 0 Å². The monoisotopic (exact) mass is 287 g/mol. The van der Waals surface area contributed by atoms with E-state index in [-0.39, 0.29) is 11.6 Å². The zero-order valence-corrected chi connectivity index (χ0v) is 11.9. The Kier molecular flexibility index (Phi) is 4.30. The molecule has 0 radical (unpaired) electrons. The van der Waals surface area contributed by atoms with Gasteiger partial charge >= 0.3 is 0 Å². The van der Waals surface area contributed by atoms with Crippen LogP contribution in [0.15, 0.2) is 48.5 Å². The van der Waals surface area contributed by atoms with Gasteiger partial charge in [0.05, 0.1) is 0 Å². The van der Waals surface area contributed by atoms with Gasteiger partial charge in [0, 0.05) is 6.04 Å². The predicted molar refractivity (Wildman–Crippen MR) is 80.3 cm³/mol. The summed E-state index contributed by atoms with van der Waals surface area (Å²) in [6.45, 7) is 0.851. The molecule has 21 heavy (non-hydrogen) atoms. The standard InChI is InChI=1S/C18H19F2N/c19-16-5-1-3-13(9-16)7-8-21-18-11-15(12-18)14-4-2-6-17(20)10-14/h1-6,9-10,15,18,21H,7-8,11-12H2. The van der Waals surface area contributed by atoms with E-state index in [0.29, 0.717) is 12.0 Å². The topological polar surface area (TPSA) is 12.0 Å². The second-order valence-corrected chi connectivity index (χ2v) is 5.75. The molecule has 0 spiro atoms. The van der Waals surface area contributed by atoms with Crippen molar-refractivity contribution in [2.24, 2.45) is 0 Å². The zero-order chi connectivity index (χ0) is 14.7. The summed E-state index contributed by atoms with van der Waals surface area (Å²) >= 11 is 0. The van der Waals surface area contributed by atoms with Gasteiger partial charge in [0.1, 0.15) is 11.6 Å². The minimum atomic E-state index is -0.178. The SMILES string of the molecule is Fc1cccc(CCNC2CC(c3cccc(F)c3)C2)c1. The van der Waals surface area contributed by atoms with E-state index in [4.69, 9.17) is 0 Å². The molecule has 0 saturated heterocycles. The lowest BCUT2D eigenvalue weighted by Crippen LogP contribution is -2.40. The maximum Gasteiger partial charge on any atom is 0.123 e. The van der Waals surface area contributed by atoms with Crippen LogP contribution in [-0.2, 0) is 6.42 Å². The van der Waals surface area contributed by atoms with Crippen LogP contribution in [0, 0.1) is 11.6 Å². The maximum absolute atomic E-state index is 13.2. The van der Waals surface area contributed by atoms with Crippen LogP contribution in [0.1, 0.15) is 29.9 Å². The molecular weight excluding hydrogens is 268 g/mol. The second-order valence-electron chi connectivity index (χ2n) is 5.75. The largest absolute Gasteiger partial charge is 0.314 e. The van der Waals surface area contributed by atoms with E-state index in [1.165, 1.54) is 12.1 Å². The van der Waals surface area contributed by atoms with Crippen molar-refractivity contribution in [3.8, 4) is 0 Å². The highest BCUT2D eigenvalue weighted by atomic mass is 19.1. The Labute approximate surface area is 124 Å². The molecular formula is C18H19F2N. The Morgan fingerprint density at radius 2 is 1.67 bits per heavy atom. The number of rotatable bonds is 5. The molecule has 110 valence electrons. The number of halogens is 2. The van der Waals surface area contributed by atoms with E-state index >= 15 is 0 Å². The molecule has 1 N–H and O–H groups in total. The zero-order valence-electron chi connectivity index (χ0n) is 11.9. The fraction of sp³-hybridized carbons (Fsp3) is 0.333. The van der Waals surface area contributed by atoms with Crippen LogP contribution >= 0.6 is 0 Å². The van der Waals surface area contributed by atoms with Crippen molar-refractivity contribution in [1.29, 1.82) is 0 Å². The average molecular weight is 287 g/mol. The predicted octanol–water partition coefficient (Wildman–Crippen LogP) is 4.04. The van der Waals surface area contributed by atoms with Gasteiger partial charge in [-0.3, -0.25) is 0 Å². The second kappa shape index (κ2) is 6.35. The summed E-state index contributed by atoms with van der Waals surface area (Å²) in [4.78, 5) is 0. The quantitative estimate of drug-likeness (QED) is 0.875. The van der Waals surface area contributed by atoms with Gasteiger partial charge in [-0.1, -0.05) is 24.3 Å². The molecule has 0 aromatic heterocycles. The fourth-order valence-corrected chi connectivity index (χ4v) is 2.93. The lowest BCUT2D eigenvalue weighted by molar-refractivity contribution is 0.292. The van der Waals surface area contributed by atoms with Crippen LogP contribution in [0.4, 0.5) is 8.78 Å². The van der Waals surface area contributed by atoms with Crippen LogP contribution in [0.5, 0.6) is 0 Å². The van der Waals surface area contributed by atoms with Gasteiger partial charge in [-0.15, -0.1) is 0 Å². The van der Waals surface area contributed by atoms with E-state index in [1.54, 1.807) is 24.3 Å². The highest BCUT2D eigenvalue weighted by Gasteiger charge is 2.29. The molecule has 1 aliphatic rings. The number of nitrogens with one attached hydrogen (secondary N) is 1. The first-order valence-corrected chi connectivity index (χ1v) is 7.44. The van der Waals surface area contributed by atoms with Crippen molar-refractivity contribution in [2.45, 2.75) is 31.2 Å². The summed E-state index contributed by atoms with van der Waals surface area (Å²) < 4.78 is 26.2. The van der Waals surface area contributed by atoms with Crippen LogP contribution in [0.25, 0.3) is 0 Å². The minimum absolute atomic E-state index is 0.157. The summed E-state index contributed by atoms with van der Waals surface area (Å²) in [5.74, 6) is 0.129. The summed E-state index contributed by atoms with van der Waals surface area (Å²) in [5.41, 5.74) is 2.11. The third-order valence-corrected chi connectivity index (χ3v) is 4.19. The van der Waals surface area contributed by atoms with E-state index in [9.17, 15) is 8.78 Å². The molecule has 0 heterocycles. The maximum atomic E-state index is 13.2. The summed E-state index contributed by atoms with van der Waals surface area (Å²) in [6, 6.07) is 14.1. The third-order valence-electron chi connectivity index (χ3n) is 4.19. The fourth-order valence-electron chi connectivity index (χ4n) is 2.93. The molecule has 2 aromatic rings. The normalized spacial score (nSPS) is 21.0. The van der Waals surface area contributed by atoms with Gasteiger partial charge < -0.3 is 5.32 Å². The molecule has 0 amide bonds. The van der Waals surface area contributed by atoms with Crippen molar-refractivity contribution in [2.75, 3.05) is 6.54 Å². The number of hydrogen-bond donors (Lipinski definition) is 1. The summed E-state index contributed by atoms with van der Waals surface area (Å²) in [7, 11) is 0. The highest BCUT2D eigenvalue weighted by Crippen LogP contribution is 2.36. The first-order chi connectivity index (χ1) is 10.2. The lowest BCUT2D eigenvalue weighted by Gasteiger charge is -2.36. The molecule has 3 heteroatoms. The molecule has 2 aromatic carbocycles. The molecule has 1 fully saturated rings. The van der Waals surface area contributed by atoms with Gasteiger partial charge in [0.2, 0.25) is 0 Å². The van der Waals surface area contributed by atoms with Crippen LogP contribution in [-0.4, -0.2) is 12.6 Å². The lowest BCUT2D eigenvalue weighted by atomic mass is 9.76. The van der Waals surface area contributed by atoms with Gasteiger partial charge in [0.25, 0.3) is 0 Å². The molecule has 1 saturated carbocycles. The van der Waals surface area contributed by atoms with Crippen LogP contribution < -0.4 is 5.32 Å². The molecule has 1 aliphatic carbocycles. The summed E-state index contributed by atoms with van der Waals surface area (Å²) in [6.07, 6.45) is 2.93. The first kappa shape index (κ1) is 14.2. The third kappa shape index (κ3) is 3.67. The molecule has 3 rings (SSSR count). The average Bonchev–Trinajstić information content (AvgIpc) is 2.41. The Morgan fingerprint density at radius 3 is 2.38 bits per heavy atom. The Hall–Kier alpha value is -1.74. The molecule has 0 bridgehead atoms. The van der Waals surface area contributed by atoms with E-state index in [0.717, 1.165) is 36.9 Å². The van der Waals surface area contributed by atoms with Crippen molar-refractivity contribution in [3.05, 3.63) is 71.3 Å². The van der Waals surface area contributed by atoms with Crippen molar-refractivity contribution >= 4 is 0 Å². The van der Waals surface area contributed by atoms with Gasteiger partial charge in [-0.05, 0) is 67.1 Å². The highest BCUT2D eigenvalue weighted by molar-refractivity contribution is 5.24. The van der Waals surface area contributed by atoms with Crippen molar-refractivity contribution < 1.29 is 8.78 Å². The number of hydrogen-bond acceptors (Lipinski definition) is 1. The van der Waals surface area contributed by atoms with Gasteiger partial charge in [0.15, 0.2) is 0 Å². The molecule has 0 atom stereocenters. The Bertz CT molecular complexity index is 606. The van der Waals surface area contributed by atoms with Gasteiger partial charge in [-0.2, -0.15) is 0 Å². The number of benzene rings is 2. The summed E-state index contributed by atoms with van der Waals surface area (Å²) in [5, 5.41) is 3.49. The van der Waals surface area contributed by atoms with Gasteiger partial charge in [-0.25, -0.2) is 8.78 Å². The van der Waals surface area contributed by atoms with E-state index in [1.807, 2.05) is 12.1 Å². The smallest absolute Gasteiger partial charge is 0.123 e. The first-order valence-electron chi connectivity index (χ1n) is 7.44. The minimum Gasteiger partial charge on any atom is -0.314 e. The van der Waals surface area contributed by atoms with Crippen molar-refractivity contribution in [1.82, 2.24) is 5.32 Å². The molecule has 0 aliphatic heterocycles.